The van der Waals surface area contributed by atoms with Gasteiger partial charge in [-0.15, -0.1) is 11.3 Å². The number of nitrogens with zero attached hydrogens (tertiary/aromatic N) is 1. The Kier molecular flexibility index (Phi) is 2.99. The minimum absolute atomic E-state index is 0.110. The molecule has 18 heavy (non-hydrogen) atoms. The van der Waals surface area contributed by atoms with E-state index >= 15 is 0 Å². The second kappa shape index (κ2) is 4.52. The maximum absolute atomic E-state index is 12.5. The Morgan fingerprint density at radius 2 is 2.28 bits per heavy atom. The van der Waals surface area contributed by atoms with E-state index in [4.69, 9.17) is 0 Å². The van der Waals surface area contributed by atoms with E-state index in [1.54, 1.807) is 0 Å². The SMILES string of the molecule is CC1Cc2cc(Br)ccc2N1C(=O)c1cccs1. The lowest BCUT2D eigenvalue weighted by molar-refractivity contribution is 0.0985. The Morgan fingerprint density at radius 3 is 3.00 bits per heavy atom. The Morgan fingerprint density at radius 1 is 1.44 bits per heavy atom. The molecule has 0 radical (unpaired) electrons. The van der Waals surface area contributed by atoms with Crippen molar-refractivity contribution < 1.29 is 4.79 Å². The fraction of sp³-hybridized carbons (Fsp3) is 0.214. The summed E-state index contributed by atoms with van der Waals surface area (Å²) in [7, 11) is 0. The van der Waals surface area contributed by atoms with Crippen LogP contribution in [0.5, 0.6) is 0 Å². The van der Waals surface area contributed by atoms with Gasteiger partial charge in [-0.3, -0.25) is 4.79 Å². The molecule has 0 aliphatic carbocycles. The summed E-state index contributed by atoms with van der Waals surface area (Å²) in [6.45, 7) is 2.10. The summed E-state index contributed by atoms with van der Waals surface area (Å²) in [5, 5.41) is 1.94. The molecular formula is C14H12BrNOS. The first-order valence-electron chi connectivity index (χ1n) is 5.82. The highest BCUT2D eigenvalue weighted by molar-refractivity contribution is 9.10. The van der Waals surface area contributed by atoms with Gasteiger partial charge in [-0.25, -0.2) is 0 Å². The van der Waals surface area contributed by atoms with E-state index in [1.807, 2.05) is 34.5 Å². The number of rotatable bonds is 1. The quantitative estimate of drug-likeness (QED) is 0.774. The highest BCUT2D eigenvalue weighted by Gasteiger charge is 2.31. The third kappa shape index (κ3) is 1.89. The van der Waals surface area contributed by atoms with Crippen LogP contribution in [0.2, 0.25) is 0 Å². The lowest BCUT2D eigenvalue weighted by Crippen LogP contribution is -2.35. The van der Waals surface area contributed by atoms with Gasteiger partial charge in [0.1, 0.15) is 0 Å². The smallest absolute Gasteiger partial charge is 0.268 e. The van der Waals surface area contributed by atoms with Crippen LogP contribution < -0.4 is 4.90 Å². The number of amides is 1. The second-order valence-electron chi connectivity index (χ2n) is 4.48. The van der Waals surface area contributed by atoms with Crippen molar-refractivity contribution in [1.29, 1.82) is 0 Å². The number of fused-ring (bicyclic) bond motifs is 1. The number of hydrogen-bond acceptors (Lipinski definition) is 2. The predicted octanol–water partition coefficient (Wildman–Crippen LogP) is 4.10. The van der Waals surface area contributed by atoms with Crippen molar-refractivity contribution in [1.82, 2.24) is 0 Å². The average Bonchev–Trinajstić information content (AvgIpc) is 2.94. The Balaban J connectivity index is 2.02. The molecule has 1 unspecified atom stereocenters. The molecule has 4 heteroatoms. The van der Waals surface area contributed by atoms with Gasteiger partial charge in [0.25, 0.3) is 5.91 Å². The molecule has 0 N–H and O–H groups in total. The van der Waals surface area contributed by atoms with Crippen molar-refractivity contribution in [3.05, 3.63) is 50.6 Å². The number of thiophene rings is 1. The van der Waals surface area contributed by atoms with Gasteiger partial charge in [0.2, 0.25) is 0 Å². The van der Waals surface area contributed by atoms with Gasteiger partial charge in [-0.1, -0.05) is 22.0 Å². The van der Waals surface area contributed by atoms with E-state index in [1.165, 1.54) is 16.9 Å². The molecule has 0 bridgehead atoms. The standard InChI is InChI=1S/C14H12BrNOS/c1-9-7-10-8-11(15)4-5-12(10)16(9)14(17)13-3-2-6-18-13/h2-6,8-9H,7H2,1H3. The highest BCUT2D eigenvalue weighted by atomic mass is 79.9. The van der Waals surface area contributed by atoms with Crippen LogP contribution in [0.3, 0.4) is 0 Å². The zero-order valence-corrected chi connectivity index (χ0v) is 12.3. The third-order valence-corrected chi connectivity index (χ3v) is 4.56. The molecular weight excluding hydrogens is 310 g/mol. The number of carbonyl (C=O) groups excluding carboxylic acids is 1. The van der Waals surface area contributed by atoms with Crippen LogP contribution >= 0.6 is 27.3 Å². The third-order valence-electron chi connectivity index (χ3n) is 3.21. The van der Waals surface area contributed by atoms with Crippen LogP contribution in [-0.4, -0.2) is 11.9 Å². The molecule has 1 atom stereocenters. The van der Waals surface area contributed by atoms with E-state index in [9.17, 15) is 4.79 Å². The lowest BCUT2D eigenvalue weighted by atomic mass is 10.1. The summed E-state index contributed by atoms with van der Waals surface area (Å²) in [5.41, 5.74) is 2.28. The number of benzene rings is 1. The van der Waals surface area contributed by atoms with Crippen molar-refractivity contribution >= 4 is 38.9 Å². The molecule has 1 aliphatic rings. The minimum atomic E-state index is 0.110. The van der Waals surface area contributed by atoms with Crippen molar-refractivity contribution in [2.45, 2.75) is 19.4 Å². The van der Waals surface area contributed by atoms with Gasteiger partial charge in [0.05, 0.1) is 4.88 Å². The minimum Gasteiger partial charge on any atom is -0.304 e. The van der Waals surface area contributed by atoms with Gasteiger partial charge in [-0.2, -0.15) is 0 Å². The molecule has 0 saturated heterocycles. The topological polar surface area (TPSA) is 20.3 Å². The first kappa shape index (κ1) is 11.9. The van der Waals surface area contributed by atoms with E-state index in [-0.39, 0.29) is 11.9 Å². The Bertz CT molecular complexity index is 594. The molecule has 1 aromatic carbocycles. The predicted molar refractivity (Wildman–Crippen MR) is 78.4 cm³/mol. The maximum Gasteiger partial charge on any atom is 0.268 e. The summed E-state index contributed by atoms with van der Waals surface area (Å²) in [6, 6.07) is 10.1. The lowest BCUT2D eigenvalue weighted by Gasteiger charge is -2.22. The summed E-state index contributed by atoms with van der Waals surface area (Å²) in [5.74, 6) is 0.110. The zero-order chi connectivity index (χ0) is 12.7. The zero-order valence-electron chi connectivity index (χ0n) is 9.89. The number of halogens is 1. The Hall–Kier alpha value is -1.13. The maximum atomic E-state index is 12.5. The van der Waals surface area contributed by atoms with Crippen molar-refractivity contribution in [3.8, 4) is 0 Å². The van der Waals surface area contributed by atoms with Crippen molar-refractivity contribution in [2.24, 2.45) is 0 Å². The van der Waals surface area contributed by atoms with E-state index in [0.717, 1.165) is 21.5 Å². The van der Waals surface area contributed by atoms with Gasteiger partial charge in [0.15, 0.2) is 0 Å². The average molecular weight is 322 g/mol. The van der Waals surface area contributed by atoms with Crippen LogP contribution in [0.4, 0.5) is 5.69 Å². The molecule has 2 heterocycles. The fourth-order valence-electron chi connectivity index (χ4n) is 2.43. The number of carbonyl (C=O) groups is 1. The first-order valence-corrected chi connectivity index (χ1v) is 7.49. The van der Waals surface area contributed by atoms with Crippen LogP contribution in [0.25, 0.3) is 0 Å². The van der Waals surface area contributed by atoms with Crippen LogP contribution in [0, 0.1) is 0 Å². The number of hydrogen-bond donors (Lipinski definition) is 0. The molecule has 2 nitrogen and oxygen atoms in total. The molecule has 2 aromatic rings. The second-order valence-corrected chi connectivity index (χ2v) is 6.34. The molecule has 3 rings (SSSR count). The highest BCUT2D eigenvalue weighted by Crippen LogP contribution is 2.35. The van der Waals surface area contributed by atoms with Gasteiger partial charge in [-0.05, 0) is 48.6 Å². The molecule has 1 amide bonds. The van der Waals surface area contributed by atoms with Crippen LogP contribution in [0.15, 0.2) is 40.2 Å². The summed E-state index contributed by atoms with van der Waals surface area (Å²) < 4.78 is 1.07. The van der Waals surface area contributed by atoms with Crippen molar-refractivity contribution in [2.75, 3.05) is 4.90 Å². The van der Waals surface area contributed by atoms with E-state index < -0.39 is 0 Å². The Labute approximate surface area is 118 Å². The molecule has 0 spiro atoms. The summed E-state index contributed by atoms with van der Waals surface area (Å²) >= 11 is 4.98. The summed E-state index contributed by atoms with van der Waals surface area (Å²) in [4.78, 5) is 15.2. The molecule has 1 aliphatic heterocycles. The molecule has 0 saturated carbocycles. The normalized spacial score (nSPS) is 17.9. The largest absolute Gasteiger partial charge is 0.304 e. The molecule has 0 fully saturated rings. The van der Waals surface area contributed by atoms with Gasteiger partial charge in [0, 0.05) is 16.2 Å². The van der Waals surface area contributed by atoms with Crippen LogP contribution in [-0.2, 0) is 6.42 Å². The van der Waals surface area contributed by atoms with E-state index in [0.29, 0.717) is 0 Å². The molecule has 1 aromatic heterocycles. The summed E-state index contributed by atoms with van der Waals surface area (Å²) in [6.07, 6.45) is 0.923. The van der Waals surface area contributed by atoms with Crippen molar-refractivity contribution in [3.63, 3.8) is 0 Å². The van der Waals surface area contributed by atoms with Gasteiger partial charge >= 0.3 is 0 Å². The van der Waals surface area contributed by atoms with E-state index in [2.05, 4.69) is 28.9 Å². The first-order chi connectivity index (χ1) is 8.66. The fourth-order valence-corrected chi connectivity index (χ4v) is 3.50. The van der Waals surface area contributed by atoms with Crippen LogP contribution in [0.1, 0.15) is 22.2 Å². The number of anilines is 1. The monoisotopic (exact) mass is 321 g/mol. The van der Waals surface area contributed by atoms with Gasteiger partial charge < -0.3 is 4.90 Å². The molecule has 92 valence electrons.